The first-order valence-electron chi connectivity index (χ1n) is 7.20. The van der Waals surface area contributed by atoms with Crippen molar-refractivity contribution in [3.8, 4) is 5.75 Å². The van der Waals surface area contributed by atoms with Gasteiger partial charge in [0.1, 0.15) is 17.4 Å². The fourth-order valence-electron chi connectivity index (χ4n) is 2.11. The standard InChI is InChI=1S/C17H14ClF2NO2/c18-14-9-12(20)5-8-15(14)23-16(17(22)21-13-6-7-13)10-1-3-11(19)4-2-10/h1-5,8-9,13,16H,6-7H2,(H,21,22). The number of amides is 1. The third kappa shape index (κ3) is 3.99. The van der Waals surface area contributed by atoms with Crippen molar-refractivity contribution in [2.24, 2.45) is 0 Å². The van der Waals surface area contributed by atoms with Crippen LogP contribution >= 0.6 is 11.6 Å². The van der Waals surface area contributed by atoms with Gasteiger partial charge < -0.3 is 10.1 Å². The molecule has 1 aliphatic rings. The van der Waals surface area contributed by atoms with Gasteiger partial charge >= 0.3 is 0 Å². The van der Waals surface area contributed by atoms with Crippen molar-refractivity contribution in [1.29, 1.82) is 0 Å². The molecule has 1 N–H and O–H groups in total. The van der Waals surface area contributed by atoms with E-state index in [9.17, 15) is 13.6 Å². The Morgan fingerprint density at radius 1 is 1.13 bits per heavy atom. The number of nitrogens with one attached hydrogen (secondary N) is 1. The summed E-state index contributed by atoms with van der Waals surface area (Å²) < 4.78 is 31.9. The minimum atomic E-state index is -0.987. The van der Waals surface area contributed by atoms with E-state index < -0.39 is 17.7 Å². The number of ether oxygens (including phenoxy) is 1. The molecule has 120 valence electrons. The van der Waals surface area contributed by atoms with Crippen LogP contribution in [0.25, 0.3) is 0 Å². The lowest BCUT2D eigenvalue weighted by Crippen LogP contribution is -2.33. The molecule has 0 radical (unpaired) electrons. The molecule has 3 nitrogen and oxygen atoms in total. The van der Waals surface area contributed by atoms with E-state index in [4.69, 9.17) is 16.3 Å². The third-order valence-electron chi connectivity index (χ3n) is 3.47. The van der Waals surface area contributed by atoms with Crippen molar-refractivity contribution < 1.29 is 18.3 Å². The summed E-state index contributed by atoms with van der Waals surface area (Å²) in [6.45, 7) is 0. The molecular weight excluding hydrogens is 324 g/mol. The van der Waals surface area contributed by atoms with Gasteiger partial charge in [0.2, 0.25) is 6.10 Å². The summed E-state index contributed by atoms with van der Waals surface area (Å²) in [5.41, 5.74) is 0.491. The first kappa shape index (κ1) is 15.7. The van der Waals surface area contributed by atoms with Crippen molar-refractivity contribution in [2.75, 3.05) is 0 Å². The Kier molecular flexibility index (Phi) is 4.48. The predicted molar refractivity (Wildman–Crippen MR) is 82.3 cm³/mol. The summed E-state index contributed by atoms with van der Waals surface area (Å²) in [6.07, 6.45) is 0.873. The largest absolute Gasteiger partial charge is 0.474 e. The molecule has 23 heavy (non-hydrogen) atoms. The van der Waals surface area contributed by atoms with Gasteiger partial charge in [0.05, 0.1) is 5.02 Å². The highest BCUT2D eigenvalue weighted by Crippen LogP contribution is 2.31. The van der Waals surface area contributed by atoms with Gasteiger partial charge in [-0.05, 0) is 43.2 Å². The molecule has 1 saturated carbocycles. The van der Waals surface area contributed by atoms with E-state index in [1.165, 1.54) is 36.4 Å². The minimum absolute atomic E-state index is 0.0660. The van der Waals surface area contributed by atoms with Gasteiger partial charge in [-0.25, -0.2) is 8.78 Å². The zero-order valence-electron chi connectivity index (χ0n) is 12.1. The van der Waals surface area contributed by atoms with Crippen LogP contribution in [0.3, 0.4) is 0 Å². The Morgan fingerprint density at radius 3 is 2.39 bits per heavy atom. The van der Waals surface area contributed by atoms with Crippen LogP contribution in [0, 0.1) is 11.6 Å². The summed E-state index contributed by atoms with van der Waals surface area (Å²) in [7, 11) is 0. The molecule has 0 aromatic heterocycles. The van der Waals surface area contributed by atoms with Crippen LogP contribution in [0.2, 0.25) is 5.02 Å². The smallest absolute Gasteiger partial charge is 0.266 e. The third-order valence-corrected chi connectivity index (χ3v) is 3.77. The lowest BCUT2D eigenvalue weighted by Gasteiger charge is -2.20. The lowest BCUT2D eigenvalue weighted by molar-refractivity contribution is -0.128. The fourth-order valence-corrected chi connectivity index (χ4v) is 2.32. The van der Waals surface area contributed by atoms with Crippen LogP contribution in [0.4, 0.5) is 8.78 Å². The molecule has 1 fully saturated rings. The van der Waals surface area contributed by atoms with Gasteiger partial charge in [-0.1, -0.05) is 23.7 Å². The van der Waals surface area contributed by atoms with Crippen LogP contribution in [0.5, 0.6) is 5.75 Å². The molecule has 2 aromatic rings. The van der Waals surface area contributed by atoms with E-state index in [1.807, 2.05) is 0 Å². The van der Waals surface area contributed by atoms with Gasteiger partial charge in [0.25, 0.3) is 5.91 Å². The number of hydrogen-bond acceptors (Lipinski definition) is 2. The Bertz CT molecular complexity index is 717. The second-order valence-electron chi connectivity index (χ2n) is 5.41. The quantitative estimate of drug-likeness (QED) is 0.895. The van der Waals surface area contributed by atoms with E-state index in [-0.39, 0.29) is 22.7 Å². The monoisotopic (exact) mass is 337 g/mol. The molecule has 1 amide bonds. The molecule has 1 aliphatic carbocycles. The average Bonchev–Trinajstić information content (AvgIpc) is 3.31. The molecule has 2 aromatic carbocycles. The van der Waals surface area contributed by atoms with Crippen LogP contribution < -0.4 is 10.1 Å². The van der Waals surface area contributed by atoms with Gasteiger partial charge in [0.15, 0.2) is 0 Å². The zero-order valence-corrected chi connectivity index (χ0v) is 12.8. The van der Waals surface area contributed by atoms with Crippen molar-refractivity contribution in [3.05, 3.63) is 64.7 Å². The molecular formula is C17H14ClF2NO2. The van der Waals surface area contributed by atoms with Crippen LogP contribution in [-0.2, 0) is 4.79 Å². The summed E-state index contributed by atoms with van der Waals surface area (Å²) in [5.74, 6) is -1.05. The first-order valence-corrected chi connectivity index (χ1v) is 7.58. The highest BCUT2D eigenvalue weighted by Gasteiger charge is 2.30. The highest BCUT2D eigenvalue weighted by atomic mass is 35.5. The number of benzene rings is 2. The SMILES string of the molecule is O=C(NC1CC1)C(Oc1ccc(F)cc1Cl)c1ccc(F)cc1. The van der Waals surface area contributed by atoms with Crippen molar-refractivity contribution >= 4 is 17.5 Å². The van der Waals surface area contributed by atoms with Gasteiger partial charge in [-0.2, -0.15) is 0 Å². The Hall–Kier alpha value is -2.14. The van der Waals surface area contributed by atoms with E-state index >= 15 is 0 Å². The number of halogens is 3. The highest BCUT2D eigenvalue weighted by molar-refractivity contribution is 6.32. The number of carbonyl (C=O) groups is 1. The summed E-state index contributed by atoms with van der Waals surface area (Å²) >= 11 is 5.95. The number of hydrogen-bond donors (Lipinski definition) is 1. The van der Waals surface area contributed by atoms with Crippen LogP contribution in [0.15, 0.2) is 42.5 Å². The van der Waals surface area contributed by atoms with E-state index in [2.05, 4.69) is 5.32 Å². The maximum atomic E-state index is 13.1. The molecule has 1 atom stereocenters. The van der Waals surface area contributed by atoms with Crippen molar-refractivity contribution in [2.45, 2.75) is 25.0 Å². The average molecular weight is 338 g/mol. The fraction of sp³-hybridized carbons (Fsp3) is 0.235. The number of carbonyl (C=O) groups excluding carboxylic acids is 1. The normalized spacial score (nSPS) is 15.1. The van der Waals surface area contributed by atoms with Gasteiger partial charge in [-0.15, -0.1) is 0 Å². The van der Waals surface area contributed by atoms with Gasteiger partial charge in [-0.3, -0.25) is 4.79 Å². The first-order chi connectivity index (χ1) is 11.0. The van der Waals surface area contributed by atoms with Gasteiger partial charge in [0, 0.05) is 11.6 Å². The maximum Gasteiger partial charge on any atom is 0.266 e. The topological polar surface area (TPSA) is 38.3 Å². The molecule has 0 heterocycles. The Balaban J connectivity index is 1.87. The Morgan fingerprint density at radius 2 is 1.78 bits per heavy atom. The lowest BCUT2D eigenvalue weighted by atomic mass is 10.1. The molecule has 0 bridgehead atoms. The van der Waals surface area contributed by atoms with Crippen molar-refractivity contribution in [1.82, 2.24) is 5.32 Å². The van der Waals surface area contributed by atoms with Crippen LogP contribution in [-0.4, -0.2) is 11.9 Å². The second-order valence-corrected chi connectivity index (χ2v) is 5.81. The predicted octanol–water partition coefficient (Wildman–Crippen LogP) is 4.02. The summed E-state index contributed by atoms with van der Waals surface area (Å²) in [5, 5.41) is 2.91. The maximum absolute atomic E-state index is 13.1. The van der Waals surface area contributed by atoms with E-state index in [0.717, 1.165) is 18.9 Å². The van der Waals surface area contributed by atoms with Crippen LogP contribution in [0.1, 0.15) is 24.5 Å². The number of rotatable bonds is 5. The summed E-state index contributed by atoms with van der Waals surface area (Å²) in [6, 6.07) is 9.27. The van der Waals surface area contributed by atoms with E-state index in [1.54, 1.807) is 0 Å². The molecule has 0 aliphatic heterocycles. The van der Waals surface area contributed by atoms with Crippen molar-refractivity contribution in [3.63, 3.8) is 0 Å². The summed E-state index contributed by atoms with van der Waals surface area (Å²) in [4.78, 5) is 12.4. The molecule has 3 rings (SSSR count). The molecule has 1 unspecified atom stereocenters. The molecule has 0 spiro atoms. The molecule has 0 saturated heterocycles. The Labute approximate surface area is 137 Å². The molecule has 6 heteroatoms. The minimum Gasteiger partial charge on any atom is -0.474 e. The zero-order chi connectivity index (χ0) is 16.4. The van der Waals surface area contributed by atoms with E-state index in [0.29, 0.717) is 5.56 Å². The second kappa shape index (κ2) is 6.54.